The summed E-state index contributed by atoms with van der Waals surface area (Å²) in [5.74, 6) is 1.65. The smallest absolute Gasteiger partial charge is 0.228 e. The predicted octanol–water partition coefficient (Wildman–Crippen LogP) is 3.98. The molecule has 1 fully saturated rings. The number of amides is 1. The van der Waals surface area contributed by atoms with Gasteiger partial charge in [0.15, 0.2) is 5.82 Å². The monoisotopic (exact) mass is 321 g/mol. The molecule has 122 valence electrons. The van der Waals surface area contributed by atoms with E-state index in [0.717, 1.165) is 47.0 Å². The number of anilines is 1. The van der Waals surface area contributed by atoms with Gasteiger partial charge in [0.2, 0.25) is 5.91 Å². The number of H-pyrrole nitrogens is 1. The molecule has 0 atom stereocenters. The van der Waals surface area contributed by atoms with E-state index in [4.69, 9.17) is 4.74 Å². The number of nitrogens with one attached hydrogen (secondary N) is 2. The predicted molar refractivity (Wildman–Crippen MR) is 94.1 cm³/mol. The Morgan fingerprint density at radius 2 is 2.08 bits per heavy atom. The lowest BCUT2D eigenvalue weighted by Crippen LogP contribution is -2.28. The number of hydrogen-bond donors (Lipinski definition) is 2. The van der Waals surface area contributed by atoms with Gasteiger partial charge in [-0.15, -0.1) is 0 Å². The van der Waals surface area contributed by atoms with Gasteiger partial charge in [-0.25, -0.2) is 0 Å². The number of carbonyl (C=O) groups is 1. The second kappa shape index (κ2) is 6.00. The van der Waals surface area contributed by atoms with Crippen LogP contribution >= 0.6 is 0 Å². The standard InChI is InChI=1S/C19H19N3O2/c1-24-17-8-3-2-7-14(17)13-9-10-15-16(11-13)21-22-18(15)20-19(23)12-5-4-6-12/h2-3,7-12H,4-6H2,1H3,(H2,20,21,22,23). The molecular weight excluding hydrogens is 302 g/mol. The zero-order valence-electron chi connectivity index (χ0n) is 13.5. The maximum absolute atomic E-state index is 12.1. The number of rotatable bonds is 4. The summed E-state index contributed by atoms with van der Waals surface area (Å²) in [5, 5.41) is 11.1. The minimum absolute atomic E-state index is 0.0726. The lowest BCUT2D eigenvalue weighted by Gasteiger charge is -2.23. The van der Waals surface area contributed by atoms with Gasteiger partial charge in [0.05, 0.1) is 12.6 Å². The van der Waals surface area contributed by atoms with Crippen molar-refractivity contribution >= 4 is 22.6 Å². The van der Waals surface area contributed by atoms with Gasteiger partial charge in [-0.05, 0) is 36.6 Å². The first kappa shape index (κ1) is 14.8. The lowest BCUT2D eigenvalue weighted by molar-refractivity contribution is -0.122. The summed E-state index contributed by atoms with van der Waals surface area (Å²) in [6.45, 7) is 0. The minimum Gasteiger partial charge on any atom is -0.496 e. The highest BCUT2D eigenvalue weighted by Crippen LogP contribution is 2.33. The molecule has 0 saturated heterocycles. The summed E-state index contributed by atoms with van der Waals surface area (Å²) < 4.78 is 5.43. The average molecular weight is 321 g/mol. The van der Waals surface area contributed by atoms with Crippen molar-refractivity contribution in [1.82, 2.24) is 10.2 Å². The van der Waals surface area contributed by atoms with Crippen LogP contribution in [0, 0.1) is 5.92 Å². The van der Waals surface area contributed by atoms with Gasteiger partial charge in [-0.3, -0.25) is 9.89 Å². The molecule has 1 aromatic heterocycles. The fourth-order valence-corrected chi connectivity index (χ4v) is 3.05. The molecule has 1 saturated carbocycles. The molecule has 4 rings (SSSR count). The number of benzene rings is 2. The lowest BCUT2D eigenvalue weighted by atomic mass is 9.85. The highest BCUT2D eigenvalue weighted by atomic mass is 16.5. The number of fused-ring (bicyclic) bond motifs is 1. The Morgan fingerprint density at radius 1 is 1.25 bits per heavy atom. The van der Waals surface area contributed by atoms with E-state index in [2.05, 4.69) is 15.5 Å². The number of methoxy groups -OCH3 is 1. The van der Waals surface area contributed by atoms with E-state index in [1.165, 1.54) is 0 Å². The number of hydrogen-bond acceptors (Lipinski definition) is 3. The van der Waals surface area contributed by atoms with Gasteiger partial charge in [0.25, 0.3) is 0 Å². The molecule has 1 aliphatic rings. The van der Waals surface area contributed by atoms with Gasteiger partial charge >= 0.3 is 0 Å². The van der Waals surface area contributed by atoms with Gasteiger partial charge in [-0.2, -0.15) is 5.10 Å². The van der Waals surface area contributed by atoms with Crippen molar-refractivity contribution in [3.8, 4) is 16.9 Å². The van der Waals surface area contributed by atoms with Crippen molar-refractivity contribution in [3.63, 3.8) is 0 Å². The number of ether oxygens (including phenoxy) is 1. The molecule has 5 heteroatoms. The fraction of sp³-hybridized carbons (Fsp3) is 0.263. The Kier molecular flexibility index (Phi) is 3.69. The largest absolute Gasteiger partial charge is 0.496 e. The molecule has 1 aliphatic carbocycles. The van der Waals surface area contributed by atoms with Gasteiger partial charge in [0, 0.05) is 16.9 Å². The van der Waals surface area contributed by atoms with Crippen LogP contribution in [0.15, 0.2) is 42.5 Å². The van der Waals surface area contributed by atoms with E-state index in [1.807, 2.05) is 42.5 Å². The van der Waals surface area contributed by atoms with E-state index in [-0.39, 0.29) is 11.8 Å². The third kappa shape index (κ3) is 2.52. The Morgan fingerprint density at radius 3 is 2.83 bits per heavy atom. The molecular formula is C19H19N3O2. The molecule has 0 radical (unpaired) electrons. The average Bonchev–Trinajstić information content (AvgIpc) is 2.95. The molecule has 5 nitrogen and oxygen atoms in total. The van der Waals surface area contributed by atoms with Crippen molar-refractivity contribution in [2.45, 2.75) is 19.3 Å². The van der Waals surface area contributed by atoms with Crippen LogP contribution in [0.3, 0.4) is 0 Å². The Hall–Kier alpha value is -2.82. The highest BCUT2D eigenvalue weighted by molar-refractivity contribution is 6.01. The van der Waals surface area contributed by atoms with E-state index < -0.39 is 0 Å². The summed E-state index contributed by atoms with van der Waals surface area (Å²) in [6, 6.07) is 13.9. The van der Waals surface area contributed by atoms with Crippen molar-refractivity contribution in [2.24, 2.45) is 5.92 Å². The summed E-state index contributed by atoms with van der Waals surface area (Å²) in [5.41, 5.74) is 2.96. The minimum atomic E-state index is 0.0726. The van der Waals surface area contributed by atoms with Crippen LogP contribution in [0.25, 0.3) is 22.0 Å². The molecule has 0 bridgehead atoms. The molecule has 0 unspecified atom stereocenters. The first-order valence-electron chi connectivity index (χ1n) is 8.18. The van der Waals surface area contributed by atoms with Crippen molar-refractivity contribution < 1.29 is 9.53 Å². The first-order valence-corrected chi connectivity index (χ1v) is 8.18. The second-order valence-corrected chi connectivity index (χ2v) is 6.15. The summed E-state index contributed by atoms with van der Waals surface area (Å²) in [7, 11) is 1.67. The number of aromatic amines is 1. The van der Waals surface area contributed by atoms with Crippen molar-refractivity contribution in [3.05, 3.63) is 42.5 Å². The van der Waals surface area contributed by atoms with E-state index >= 15 is 0 Å². The van der Waals surface area contributed by atoms with Crippen LogP contribution in [0.5, 0.6) is 5.75 Å². The SMILES string of the molecule is COc1ccccc1-c1ccc2c(NC(=O)C3CCC3)n[nH]c2c1. The molecule has 1 amide bonds. The Balaban J connectivity index is 1.66. The van der Waals surface area contributed by atoms with Crippen molar-refractivity contribution in [2.75, 3.05) is 12.4 Å². The van der Waals surface area contributed by atoms with E-state index in [9.17, 15) is 4.79 Å². The number of carbonyl (C=O) groups excluding carboxylic acids is 1. The molecule has 2 N–H and O–H groups in total. The fourth-order valence-electron chi connectivity index (χ4n) is 3.05. The zero-order valence-corrected chi connectivity index (χ0v) is 13.5. The molecule has 1 heterocycles. The van der Waals surface area contributed by atoms with Crippen LogP contribution < -0.4 is 10.1 Å². The van der Waals surface area contributed by atoms with Gasteiger partial charge < -0.3 is 10.1 Å². The normalized spacial score (nSPS) is 14.4. The van der Waals surface area contributed by atoms with Gasteiger partial charge in [0.1, 0.15) is 5.75 Å². The van der Waals surface area contributed by atoms with E-state index in [1.54, 1.807) is 7.11 Å². The third-order valence-corrected chi connectivity index (χ3v) is 4.70. The number of para-hydroxylation sites is 1. The second-order valence-electron chi connectivity index (χ2n) is 6.15. The van der Waals surface area contributed by atoms with Crippen LogP contribution in [0.2, 0.25) is 0 Å². The zero-order chi connectivity index (χ0) is 16.5. The van der Waals surface area contributed by atoms with Gasteiger partial charge in [-0.1, -0.05) is 30.7 Å². The maximum atomic E-state index is 12.1. The summed E-state index contributed by atoms with van der Waals surface area (Å²) in [4.78, 5) is 12.1. The number of nitrogens with zero attached hydrogens (tertiary/aromatic N) is 1. The quantitative estimate of drug-likeness (QED) is 0.764. The molecule has 0 spiro atoms. The highest BCUT2D eigenvalue weighted by Gasteiger charge is 2.26. The Labute approximate surface area is 140 Å². The molecule has 2 aromatic carbocycles. The van der Waals surface area contributed by atoms with Crippen LogP contribution in [0.1, 0.15) is 19.3 Å². The Bertz CT molecular complexity index is 897. The third-order valence-electron chi connectivity index (χ3n) is 4.70. The first-order chi connectivity index (χ1) is 11.8. The maximum Gasteiger partial charge on any atom is 0.228 e. The number of aromatic nitrogens is 2. The summed E-state index contributed by atoms with van der Waals surface area (Å²) >= 11 is 0. The molecule has 24 heavy (non-hydrogen) atoms. The topological polar surface area (TPSA) is 67.0 Å². The van der Waals surface area contributed by atoms with Crippen LogP contribution in [-0.2, 0) is 4.79 Å². The van der Waals surface area contributed by atoms with Crippen LogP contribution in [-0.4, -0.2) is 23.2 Å². The summed E-state index contributed by atoms with van der Waals surface area (Å²) in [6.07, 6.45) is 3.10. The molecule has 0 aliphatic heterocycles. The van der Waals surface area contributed by atoms with Crippen molar-refractivity contribution in [1.29, 1.82) is 0 Å². The van der Waals surface area contributed by atoms with E-state index in [0.29, 0.717) is 5.82 Å². The molecule has 3 aromatic rings. The van der Waals surface area contributed by atoms with Crippen LogP contribution in [0.4, 0.5) is 5.82 Å².